The van der Waals surface area contributed by atoms with E-state index >= 15 is 0 Å². The summed E-state index contributed by atoms with van der Waals surface area (Å²) >= 11 is 0. The Labute approximate surface area is 189 Å². The van der Waals surface area contributed by atoms with E-state index in [1.165, 1.54) is 38.5 Å². The highest BCUT2D eigenvalue weighted by atomic mass is 16.3. The highest BCUT2D eigenvalue weighted by Gasteiger charge is 2.50. The van der Waals surface area contributed by atoms with E-state index in [-0.39, 0.29) is 5.48 Å². The molecule has 0 spiro atoms. The maximum atomic E-state index is 10.1. The van der Waals surface area contributed by atoms with Gasteiger partial charge in [-0.05, 0) is 93.1 Å². The van der Waals surface area contributed by atoms with Gasteiger partial charge in [0.1, 0.15) is 0 Å². The molecule has 3 fully saturated rings. The molecule has 3 aliphatic carbocycles. The van der Waals surface area contributed by atoms with Gasteiger partial charge in [-0.15, -0.1) is 0 Å². The SMILES string of the molecule is C=C1/C(=C\C=C2/CCC[C@@]3(C)C2CC[C@@H]3[C@H](C)CCCC(C)(C)O)C[C@@H](O)CC1O.O. The smallest absolute Gasteiger partial charge is 0.0811 e. The van der Waals surface area contributed by atoms with Gasteiger partial charge in [0, 0.05) is 6.42 Å². The van der Waals surface area contributed by atoms with Gasteiger partial charge >= 0.3 is 0 Å². The van der Waals surface area contributed by atoms with Crippen molar-refractivity contribution >= 4 is 0 Å². The second-order valence-corrected chi connectivity index (χ2v) is 11.3. The van der Waals surface area contributed by atoms with Crippen molar-refractivity contribution in [1.82, 2.24) is 0 Å². The van der Waals surface area contributed by atoms with Crippen molar-refractivity contribution < 1.29 is 20.8 Å². The zero-order chi connectivity index (χ0) is 22.1. The Morgan fingerprint density at radius 3 is 2.61 bits per heavy atom. The van der Waals surface area contributed by atoms with E-state index < -0.39 is 17.8 Å². The molecule has 0 aliphatic heterocycles. The molecule has 31 heavy (non-hydrogen) atoms. The highest BCUT2D eigenvalue weighted by Crippen LogP contribution is 2.60. The van der Waals surface area contributed by atoms with E-state index in [4.69, 9.17) is 0 Å². The molecule has 178 valence electrons. The molecule has 3 aliphatic rings. The Balaban J connectivity index is 0.00000341. The van der Waals surface area contributed by atoms with Crippen LogP contribution in [0, 0.1) is 23.2 Å². The largest absolute Gasteiger partial charge is 0.412 e. The van der Waals surface area contributed by atoms with Crippen LogP contribution in [0.25, 0.3) is 0 Å². The summed E-state index contributed by atoms with van der Waals surface area (Å²) in [7, 11) is 0. The first-order valence-electron chi connectivity index (χ1n) is 12.2. The molecular weight excluding hydrogens is 388 g/mol. The summed E-state index contributed by atoms with van der Waals surface area (Å²) in [6, 6.07) is 0. The van der Waals surface area contributed by atoms with Crippen molar-refractivity contribution in [3.63, 3.8) is 0 Å². The van der Waals surface area contributed by atoms with Crippen molar-refractivity contribution in [2.45, 2.75) is 110 Å². The molecule has 4 heteroatoms. The molecule has 0 radical (unpaired) electrons. The van der Waals surface area contributed by atoms with Gasteiger partial charge in [0.2, 0.25) is 0 Å². The van der Waals surface area contributed by atoms with E-state index in [0.717, 1.165) is 29.9 Å². The quantitative estimate of drug-likeness (QED) is 0.556. The lowest BCUT2D eigenvalue weighted by molar-refractivity contribution is 0.0596. The van der Waals surface area contributed by atoms with Crippen molar-refractivity contribution in [3.8, 4) is 0 Å². The van der Waals surface area contributed by atoms with Gasteiger partial charge in [0.05, 0.1) is 17.8 Å². The number of rotatable bonds is 6. The second kappa shape index (κ2) is 10.3. The molecule has 0 heterocycles. The molecule has 0 amide bonds. The lowest BCUT2D eigenvalue weighted by Crippen LogP contribution is -2.36. The Hall–Kier alpha value is -0.940. The predicted octanol–water partition coefficient (Wildman–Crippen LogP) is 4.88. The molecule has 5 N–H and O–H groups in total. The first-order valence-corrected chi connectivity index (χ1v) is 12.2. The van der Waals surface area contributed by atoms with Crippen LogP contribution in [0.5, 0.6) is 0 Å². The van der Waals surface area contributed by atoms with Crippen molar-refractivity contribution in [2.75, 3.05) is 0 Å². The maximum Gasteiger partial charge on any atom is 0.0811 e. The van der Waals surface area contributed by atoms with E-state index in [0.29, 0.717) is 30.1 Å². The summed E-state index contributed by atoms with van der Waals surface area (Å²) in [5, 5.41) is 30.2. The Kier molecular flexibility index (Phi) is 8.77. The summed E-state index contributed by atoms with van der Waals surface area (Å²) in [5.41, 5.74) is 3.17. The fourth-order valence-electron chi connectivity index (χ4n) is 6.74. The van der Waals surface area contributed by atoms with Gasteiger partial charge in [0.25, 0.3) is 0 Å². The normalized spacial score (nSPS) is 37.6. The molecule has 0 aromatic heterocycles. The lowest BCUT2D eigenvalue weighted by Gasteiger charge is -2.44. The first kappa shape index (κ1) is 26.3. The van der Waals surface area contributed by atoms with E-state index in [1.807, 2.05) is 13.8 Å². The average molecular weight is 435 g/mol. The summed E-state index contributed by atoms with van der Waals surface area (Å²) in [5.74, 6) is 2.11. The molecule has 3 saturated carbocycles. The fraction of sp³-hybridized carbons (Fsp3) is 0.778. The Morgan fingerprint density at radius 2 is 1.94 bits per heavy atom. The van der Waals surface area contributed by atoms with E-state index in [9.17, 15) is 15.3 Å². The standard InChI is InChI=1S/C27H44O3.H2O/c1-18(8-6-14-26(3,4)30)23-12-13-24-20(9-7-15-27(23,24)5)10-11-21-16-22(28)17-25(29)19(21)2;/h10-11,18,22-25,28-30H,2,6-9,12-17H2,1,3-5H3;1H2/b20-10+,21-11-;/t18-,22-,23-,24?,25?,27-;/m1./s1. The highest BCUT2D eigenvalue weighted by molar-refractivity contribution is 5.38. The topological polar surface area (TPSA) is 92.2 Å². The maximum absolute atomic E-state index is 10.1. The molecule has 0 aromatic carbocycles. The van der Waals surface area contributed by atoms with Crippen LogP contribution in [0.4, 0.5) is 0 Å². The summed E-state index contributed by atoms with van der Waals surface area (Å²) < 4.78 is 0. The third kappa shape index (κ3) is 6.10. The summed E-state index contributed by atoms with van der Waals surface area (Å²) in [4.78, 5) is 0. The van der Waals surface area contributed by atoms with E-state index in [1.54, 1.807) is 5.57 Å². The number of fused-ring (bicyclic) bond motifs is 1. The number of aliphatic hydroxyl groups is 3. The molecule has 3 rings (SSSR count). The van der Waals surface area contributed by atoms with Crippen LogP contribution < -0.4 is 0 Å². The molecule has 0 aromatic rings. The Bertz CT molecular complexity index is 686. The number of hydrogen-bond donors (Lipinski definition) is 3. The van der Waals surface area contributed by atoms with Crippen molar-refractivity contribution in [1.29, 1.82) is 0 Å². The second-order valence-electron chi connectivity index (χ2n) is 11.3. The average Bonchev–Trinajstić information content (AvgIpc) is 3.00. The van der Waals surface area contributed by atoms with Crippen LogP contribution in [-0.4, -0.2) is 38.6 Å². The first-order chi connectivity index (χ1) is 14.0. The molecular formula is C27H46O4. The van der Waals surface area contributed by atoms with Crippen LogP contribution in [0.3, 0.4) is 0 Å². The zero-order valence-electron chi connectivity index (χ0n) is 20.2. The van der Waals surface area contributed by atoms with Crippen LogP contribution in [0.2, 0.25) is 0 Å². The fourth-order valence-corrected chi connectivity index (χ4v) is 6.74. The predicted molar refractivity (Wildman–Crippen MR) is 128 cm³/mol. The van der Waals surface area contributed by atoms with Crippen LogP contribution in [0.1, 0.15) is 91.9 Å². The lowest BCUT2D eigenvalue weighted by atomic mass is 9.60. The third-order valence-electron chi connectivity index (χ3n) is 8.44. The van der Waals surface area contributed by atoms with Crippen molar-refractivity contribution in [2.24, 2.45) is 23.2 Å². The zero-order valence-corrected chi connectivity index (χ0v) is 20.2. The Morgan fingerprint density at radius 1 is 1.23 bits per heavy atom. The van der Waals surface area contributed by atoms with E-state index in [2.05, 4.69) is 32.6 Å². The summed E-state index contributed by atoms with van der Waals surface area (Å²) in [6.45, 7) is 12.8. The van der Waals surface area contributed by atoms with Gasteiger partial charge < -0.3 is 20.8 Å². The molecule has 0 saturated heterocycles. The van der Waals surface area contributed by atoms with Gasteiger partial charge in [-0.3, -0.25) is 0 Å². The minimum absolute atomic E-state index is 0. The summed E-state index contributed by atoms with van der Waals surface area (Å²) in [6.07, 6.45) is 13.9. The number of allylic oxidation sites excluding steroid dienone is 3. The third-order valence-corrected chi connectivity index (χ3v) is 8.44. The van der Waals surface area contributed by atoms with Gasteiger partial charge in [-0.25, -0.2) is 0 Å². The van der Waals surface area contributed by atoms with Gasteiger partial charge in [0.15, 0.2) is 0 Å². The molecule has 2 unspecified atom stereocenters. The monoisotopic (exact) mass is 434 g/mol. The van der Waals surface area contributed by atoms with Gasteiger partial charge in [-0.1, -0.05) is 51.0 Å². The number of aliphatic hydroxyl groups excluding tert-OH is 2. The minimum atomic E-state index is -0.615. The molecule has 0 bridgehead atoms. The molecule has 4 nitrogen and oxygen atoms in total. The molecule has 6 atom stereocenters. The van der Waals surface area contributed by atoms with Crippen LogP contribution in [-0.2, 0) is 0 Å². The van der Waals surface area contributed by atoms with Crippen molar-refractivity contribution in [3.05, 3.63) is 35.5 Å². The van der Waals surface area contributed by atoms with Crippen LogP contribution >= 0.6 is 0 Å². The number of hydrogen-bond acceptors (Lipinski definition) is 3. The minimum Gasteiger partial charge on any atom is -0.412 e. The van der Waals surface area contributed by atoms with Crippen LogP contribution in [0.15, 0.2) is 35.5 Å². The van der Waals surface area contributed by atoms with Gasteiger partial charge in [-0.2, -0.15) is 0 Å².